The van der Waals surface area contributed by atoms with Crippen LogP contribution >= 0.6 is 0 Å². The van der Waals surface area contributed by atoms with Crippen molar-refractivity contribution in [2.45, 2.75) is 26.8 Å². The van der Waals surface area contributed by atoms with E-state index in [0.717, 1.165) is 28.1 Å². The number of anilines is 1. The molecule has 1 atom stereocenters. The van der Waals surface area contributed by atoms with Gasteiger partial charge in [0.2, 0.25) is 11.8 Å². The minimum absolute atomic E-state index is 0.00519. The first kappa shape index (κ1) is 18.0. The normalized spacial score (nSPS) is 16.7. The van der Waals surface area contributed by atoms with Crippen LogP contribution in [0.1, 0.15) is 23.1 Å². The third kappa shape index (κ3) is 3.72. The fourth-order valence-electron chi connectivity index (χ4n) is 3.40. The molecule has 5 heteroatoms. The van der Waals surface area contributed by atoms with Gasteiger partial charge in [-0.1, -0.05) is 35.9 Å². The number of carbonyl (C=O) groups is 2. The van der Waals surface area contributed by atoms with Crippen LogP contribution < -0.4 is 15.0 Å². The molecule has 1 heterocycles. The Kier molecular flexibility index (Phi) is 5.26. The van der Waals surface area contributed by atoms with Gasteiger partial charge in [-0.25, -0.2) is 0 Å². The molecule has 1 N–H and O–H groups in total. The summed E-state index contributed by atoms with van der Waals surface area (Å²) in [5.74, 6) is 0.302. The summed E-state index contributed by atoms with van der Waals surface area (Å²) in [5, 5.41) is 2.93. The minimum Gasteiger partial charge on any atom is -0.496 e. The topological polar surface area (TPSA) is 58.6 Å². The van der Waals surface area contributed by atoms with E-state index < -0.39 is 0 Å². The Morgan fingerprint density at radius 2 is 2.00 bits per heavy atom. The fourth-order valence-corrected chi connectivity index (χ4v) is 3.40. The lowest BCUT2D eigenvalue weighted by Crippen LogP contribution is -2.32. The van der Waals surface area contributed by atoms with Crippen molar-refractivity contribution >= 4 is 17.5 Å². The molecule has 1 aliphatic rings. The first-order chi connectivity index (χ1) is 12.5. The van der Waals surface area contributed by atoms with Crippen LogP contribution in [-0.2, 0) is 16.1 Å². The van der Waals surface area contributed by atoms with Gasteiger partial charge in [0.25, 0.3) is 0 Å². The third-order valence-electron chi connectivity index (χ3n) is 4.78. The average Bonchev–Trinajstić information content (AvgIpc) is 3.01. The minimum atomic E-state index is -0.335. The largest absolute Gasteiger partial charge is 0.496 e. The highest BCUT2D eigenvalue weighted by atomic mass is 16.5. The smallest absolute Gasteiger partial charge is 0.227 e. The van der Waals surface area contributed by atoms with Gasteiger partial charge >= 0.3 is 0 Å². The van der Waals surface area contributed by atoms with Gasteiger partial charge in [0.05, 0.1) is 13.0 Å². The molecule has 0 aromatic heterocycles. The van der Waals surface area contributed by atoms with Crippen molar-refractivity contribution < 1.29 is 14.3 Å². The molecule has 2 amide bonds. The number of hydrogen-bond acceptors (Lipinski definition) is 3. The molecule has 0 bridgehead atoms. The predicted octanol–water partition coefficient (Wildman–Crippen LogP) is 2.98. The van der Waals surface area contributed by atoms with E-state index in [1.807, 2.05) is 50.2 Å². The van der Waals surface area contributed by atoms with Gasteiger partial charge in [-0.05, 0) is 31.5 Å². The summed E-state index contributed by atoms with van der Waals surface area (Å²) in [6.45, 7) is 4.82. The first-order valence-electron chi connectivity index (χ1n) is 8.77. The lowest BCUT2D eigenvalue weighted by Gasteiger charge is -2.19. The van der Waals surface area contributed by atoms with Crippen LogP contribution in [-0.4, -0.2) is 25.5 Å². The zero-order chi connectivity index (χ0) is 18.7. The summed E-state index contributed by atoms with van der Waals surface area (Å²) < 4.78 is 5.30. The maximum atomic E-state index is 12.5. The fraction of sp³-hybridized carbons (Fsp3) is 0.333. The van der Waals surface area contributed by atoms with E-state index in [1.165, 1.54) is 0 Å². The molecule has 0 spiro atoms. The van der Waals surface area contributed by atoms with Gasteiger partial charge in [0.15, 0.2) is 0 Å². The molecular formula is C21H24N2O3. The second-order valence-corrected chi connectivity index (χ2v) is 6.72. The highest BCUT2D eigenvalue weighted by Gasteiger charge is 2.35. The molecule has 1 saturated heterocycles. The number of nitrogens with zero attached hydrogens (tertiary/aromatic N) is 1. The van der Waals surface area contributed by atoms with Crippen LogP contribution in [0.3, 0.4) is 0 Å². The van der Waals surface area contributed by atoms with E-state index in [2.05, 4.69) is 11.4 Å². The van der Waals surface area contributed by atoms with E-state index in [9.17, 15) is 9.59 Å². The van der Waals surface area contributed by atoms with E-state index in [0.29, 0.717) is 13.1 Å². The SMILES string of the molecule is COc1ccccc1CNC(=O)C1CC(=O)N(c2ccc(C)cc2C)C1. The van der Waals surface area contributed by atoms with Crippen LogP contribution in [0.25, 0.3) is 0 Å². The Bertz CT molecular complexity index is 832. The van der Waals surface area contributed by atoms with Gasteiger partial charge in [-0.15, -0.1) is 0 Å². The summed E-state index contributed by atoms with van der Waals surface area (Å²) in [5.41, 5.74) is 4.01. The van der Waals surface area contributed by atoms with Crippen molar-refractivity contribution in [1.82, 2.24) is 5.32 Å². The zero-order valence-corrected chi connectivity index (χ0v) is 15.4. The lowest BCUT2D eigenvalue weighted by molar-refractivity contribution is -0.126. The number of methoxy groups -OCH3 is 1. The Hall–Kier alpha value is -2.82. The van der Waals surface area contributed by atoms with Crippen molar-refractivity contribution in [3.8, 4) is 5.75 Å². The first-order valence-corrected chi connectivity index (χ1v) is 8.77. The monoisotopic (exact) mass is 352 g/mol. The molecule has 0 radical (unpaired) electrons. The van der Waals surface area contributed by atoms with Crippen LogP contribution in [0.5, 0.6) is 5.75 Å². The summed E-state index contributed by atoms with van der Waals surface area (Å²) in [7, 11) is 1.61. The molecule has 2 aromatic rings. The number of aryl methyl sites for hydroxylation is 2. The Labute approximate surface area is 154 Å². The van der Waals surface area contributed by atoms with Crippen molar-refractivity contribution in [3.05, 3.63) is 59.2 Å². The van der Waals surface area contributed by atoms with Crippen molar-refractivity contribution in [2.75, 3.05) is 18.6 Å². The molecule has 1 aliphatic heterocycles. The maximum absolute atomic E-state index is 12.5. The predicted molar refractivity (Wildman–Crippen MR) is 101 cm³/mol. The average molecular weight is 352 g/mol. The molecular weight excluding hydrogens is 328 g/mol. The van der Waals surface area contributed by atoms with Gasteiger partial charge in [0.1, 0.15) is 5.75 Å². The number of benzene rings is 2. The summed E-state index contributed by atoms with van der Waals surface area (Å²) in [4.78, 5) is 26.7. The molecule has 2 aromatic carbocycles. The van der Waals surface area contributed by atoms with Crippen LogP contribution in [0, 0.1) is 19.8 Å². The molecule has 1 unspecified atom stereocenters. The van der Waals surface area contributed by atoms with Crippen LogP contribution in [0.4, 0.5) is 5.69 Å². The molecule has 1 fully saturated rings. The van der Waals surface area contributed by atoms with Crippen LogP contribution in [0.15, 0.2) is 42.5 Å². The lowest BCUT2D eigenvalue weighted by atomic mass is 10.1. The number of para-hydroxylation sites is 1. The number of nitrogens with one attached hydrogen (secondary N) is 1. The van der Waals surface area contributed by atoms with E-state index in [1.54, 1.807) is 12.0 Å². The van der Waals surface area contributed by atoms with Gasteiger partial charge in [0, 0.05) is 30.8 Å². The molecule has 3 rings (SSSR count). The number of amides is 2. The second kappa shape index (κ2) is 7.60. The Morgan fingerprint density at radius 1 is 1.23 bits per heavy atom. The summed E-state index contributed by atoms with van der Waals surface area (Å²) in [6, 6.07) is 13.6. The number of ether oxygens (including phenoxy) is 1. The summed E-state index contributed by atoms with van der Waals surface area (Å²) >= 11 is 0. The number of hydrogen-bond donors (Lipinski definition) is 1. The van der Waals surface area contributed by atoms with Gasteiger partial charge < -0.3 is 15.0 Å². The van der Waals surface area contributed by atoms with Crippen molar-refractivity contribution in [2.24, 2.45) is 5.92 Å². The quantitative estimate of drug-likeness (QED) is 0.900. The Balaban J connectivity index is 1.65. The second-order valence-electron chi connectivity index (χ2n) is 6.72. The zero-order valence-electron chi connectivity index (χ0n) is 15.4. The van der Waals surface area contributed by atoms with Crippen molar-refractivity contribution in [1.29, 1.82) is 0 Å². The molecule has 5 nitrogen and oxygen atoms in total. The Morgan fingerprint density at radius 3 is 2.73 bits per heavy atom. The van der Waals surface area contributed by atoms with E-state index >= 15 is 0 Å². The third-order valence-corrected chi connectivity index (χ3v) is 4.78. The highest BCUT2D eigenvalue weighted by Crippen LogP contribution is 2.28. The van der Waals surface area contributed by atoms with E-state index in [4.69, 9.17) is 4.74 Å². The molecule has 136 valence electrons. The molecule has 26 heavy (non-hydrogen) atoms. The maximum Gasteiger partial charge on any atom is 0.227 e. The van der Waals surface area contributed by atoms with Gasteiger partial charge in [-0.3, -0.25) is 9.59 Å². The standard InChI is InChI=1S/C21H24N2O3/c1-14-8-9-18(15(2)10-14)23-13-17(11-20(23)24)21(25)22-12-16-6-4-5-7-19(16)26-3/h4-10,17H,11-13H2,1-3H3,(H,22,25). The van der Waals surface area contributed by atoms with Crippen LogP contribution in [0.2, 0.25) is 0 Å². The highest BCUT2D eigenvalue weighted by molar-refractivity contribution is 6.00. The number of rotatable bonds is 5. The summed E-state index contributed by atoms with van der Waals surface area (Å²) in [6.07, 6.45) is 0.241. The van der Waals surface area contributed by atoms with E-state index in [-0.39, 0.29) is 24.2 Å². The van der Waals surface area contributed by atoms with Crippen molar-refractivity contribution in [3.63, 3.8) is 0 Å². The van der Waals surface area contributed by atoms with Gasteiger partial charge in [-0.2, -0.15) is 0 Å². The molecule has 0 saturated carbocycles. The molecule has 0 aliphatic carbocycles. The number of carbonyl (C=O) groups excluding carboxylic acids is 2.